The number of hydrogen-bond acceptors (Lipinski definition) is 4. The average Bonchev–Trinajstić information content (AvgIpc) is 2.99. The number of aromatic nitrogens is 3. The standard InChI is InChI=1S/C14H21N3O2/c1-11(14-6-5-12(2)19-14)9-13-10-17(16-15-13)7-3-4-8-18/h5-6,10-11,18H,3-4,7-9H2,1-2H3. The van der Waals surface area contributed by atoms with Gasteiger partial charge in [-0.1, -0.05) is 12.1 Å². The fourth-order valence-corrected chi connectivity index (χ4v) is 2.06. The van der Waals surface area contributed by atoms with E-state index in [0.29, 0.717) is 5.92 Å². The van der Waals surface area contributed by atoms with Crippen molar-refractivity contribution in [2.45, 2.75) is 45.6 Å². The smallest absolute Gasteiger partial charge is 0.107 e. The summed E-state index contributed by atoms with van der Waals surface area (Å²) in [5, 5.41) is 17.0. The fraction of sp³-hybridized carbons (Fsp3) is 0.571. The zero-order valence-corrected chi connectivity index (χ0v) is 11.5. The lowest BCUT2D eigenvalue weighted by Gasteiger charge is -2.05. The molecule has 0 bridgehead atoms. The van der Waals surface area contributed by atoms with Gasteiger partial charge in [-0.05, 0) is 31.9 Å². The van der Waals surface area contributed by atoms with Crippen LogP contribution in [0.2, 0.25) is 0 Å². The van der Waals surface area contributed by atoms with Crippen LogP contribution in [0.25, 0.3) is 0 Å². The van der Waals surface area contributed by atoms with Crippen LogP contribution in [0.4, 0.5) is 0 Å². The summed E-state index contributed by atoms with van der Waals surface area (Å²) in [5.74, 6) is 2.23. The normalized spacial score (nSPS) is 12.8. The van der Waals surface area contributed by atoms with Crippen LogP contribution in [-0.2, 0) is 13.0 Å². The maximum atomic E-state index is 8.74. The van der Waals surface area contributed by atoms with Crippen molar-refractivity contribution in [3.63, 3.8) is 0 Å². The molecule has 19 heavy (non-hydrogen) atoms. The third-order valence-corrected chi connectivity index (χ3v) is 3.14. The van der Waals surface area contributed by atoms with Crippen LogP contribution in [0.1, 0.15) is 42.9 Å². The summed E-state index contributed by atoms with van der Waals surface area (Å²) in [6, 6.07) is 4.00. The van der Waals surface area contributed by atoms with E-state index in [9.17, 15) is 0 Å². The number of hydrogen-bond donors (Lipinski definition) is 1. The highest BCUT2D eigenvalue weighted by Gasteiger charge is 2.12. The highest BCUT2D eigenvalue weighted by molar-refractivity contribution is 5.12. The van der Waals surface area contributed by atoms with Gasteiger partial charge in [0.25, 0.3) is 0 Å². The second kappa shape index (κ2) is 6.52. The van der Waals surface area contributed by atoms with E-state index in [2.05, 4.69) is 17.2 Å². The highest BCUT2D eigenvalue weighted by Crippen LogP contribution is 2.21. The minimum atomic E-state index is 0.233. The molecule has 2 rings (SSSR count). The lowest BCUT2D eigenvalue weighted by molar-refractivity contribution is 0.280. The first-order valence-corrected chi connectivity index (χ1v) is 6.75. The summed E-state index contributed by atoms with van der Waals surface area (Å²) in [5.41, 5.74) is 0.977. The second-order valence-corrected chi connectivity index (χ2v) is 4.96. The van der Waals surface area contributed by atoms with Gasteiger partial charge in [-0.15, -0.1) is 5.10 Å². The highest BCUT2D eigenvalue weighted by atomic mass is 16.3. The van der Waals surface area contributed by atoms with Gasteiger partial charge < -0.3 is 9.52 Å². The number of furan rings is 1. The third kappa shape index (κ3) is 3.92. The average molecular weight is 263 g/mol. The fourth-order valence-electron chi connectivity index (χ4n) is 2.06. The molecule has 2 heterocycles. The lowest BCUT2D eigenvalue weighted by atomic mass is 10.0. The Hall–Kier alpha value is -1.62. The number of aryl methyl sites for hydroxylation is 2. The molecule has 0 saturated heterocycles. The topological polar surface area (TPSA) is 64.1 Å². The quantitative estimate of drug-likeness (QED) is 0.778. The third-order valence-electron chi connectivity index (χ3n) is 3.14. The Bertz CT molecular complexity index is 504. The summed E-state index contributed by atoms with van der Waals surface area (Å²) in [4.78, 5) is 0. The lowest BCUT2D eigenvalue weighted by Crippen LogP contribution is -1.99. The number of aliphatic hydroxyl groups is 1. The minimum absolute atomic E-state index is 0.233. The minimum Gasteiger partial charge on any atom is -0.466 e. The van der Waals surface area contributed by atoms with Gasteiger partial charge in [0.15, 0.2) is 0 Å². The van der Waals surface area contributed by atoms with E-state index in [-0.39, 0.29) is 6.61 Å². The number of unbranched alkanes of at least 4 members (excludes halogenated alkanes) is 1. The van der Waals surface area contributed by atoms with Crippen molar-refractivity contribution >= 4 is 0 Å². The van der Waals surface area contributed by atoms with Crippen LogP contribution in [0, 0.1) is 6.92 Å². The molecule has 104 valence electrons. The molecule has 0 spiro atoms. The molecule has 1 atom stereocenters. The van der Waals surface area contributed by atoms with Crippen LogP contribution < -0.4 is 0 Å². The second-order valence-electron chi connectivity index (χ2n) is 4.96. The molecule has 5 heteroatoms. The van der Waals surface area contributed by atoms with Crippen LogP contribution in [0.3, 0.4) is 0 Å². The first kappa shape index (κ1) is 13.8. The van der Waals surface area contributed by atoms with Gasteiger partial charge in [0, 0.05) is 31.7 Å². The monoisotopic (exact) mass is 263 g/mol. The SMILES string of the molecule is Cc1ccc(C(C)Cc2cn(CCCCO)nn2)o1. The summed E-state index contributed by atoms with van der Waals surface area (Å²) in [7, 11) is 0. The largest absolute Gasteiger partial charge is 0.466 e. The predicted octanol–water partition coefficient (Wildman–Crippen LogP) is 2.30. The number of rotatable bonds is 7. The Labute approximate surface area is 113 Å². The molecule has 2 aromatic heterocycles. The maximum Gasteiger partial charge on any atom is 0.107 e. The van der Waals surface area contributed by atoms with Crippen molar-refractivity contribution in [1.82, 2.24) is 15.0 Å². The van der Waals surface area contributed by atoms with E-state index in [1.165, 1.54) is 0 Å². The van der Waals surface area contributed by atoms with E-state index >= 15 is 0 Å². The van der Waals surface area contributed by atoms with Gasteiger partial charge in [0.2, 0.25) is 0 Å². The van der Waals surface area contributed by atoms with Crippen LogP contribution in [0.5, 0.6) is 0 Å². The first-order valence-electron chi connectivity index (χ1n) is 6.75. The number of nitrogens with zero attached hydrogens (tertiary/aromatic N) is 3. The molecule has 0 aliphatic heterocycles. The van der Waals surface area contributed by atoms with Crippen LogP contribution in [0.15, 0.2) is 22.7 Å². The van der Waals surface area contributed by atoms with Crippen LogP contribution in [-0.4, -0.2) is 26.7 Å². The molecule has 1 unspecified atom stereocenters. The van der Waals surface area contributed by atoms with E-state index in [1.54, 1.807) is 0 Å². The molecule has 0 aliphatic rings. The molecule has 0 aliphatic carbocycles. The van der Waals surface area contributed by atoms with Crippen molar-refractivity contribution in [2.24, 2.45) is 0 Å². The van der Waals surface area contributed by atoms with Crippen molar-refractivity contribution in [3.05, 3.63) is 35.5 Å². The van der Waals surface area contributed by atoms with Gasteiger partial charge in [-0.25, -0.2) is 0 Å². The Morgan fingerprint density at radius 3 is 2.89 bits per heavy atom. The first-order chi connectivity index (χ1) is 9.19. The van der Waals surface area contributed by atoms with E-state index in [4.69, 9.17) is 9.52 Å². The predicted molar refractivity (Wildman–Crippen MR) is 71.9 cm³/mol. The van der Waals surface area contributed by atoms with E-state index < -0.39 is 0 Å². The molecular formula is C14H21N3O2. The Balaban J connectivity index is 1.88. The Morgan fingerprint density at radius 2 is 2.21 bits per heavy atom. The molecule has 1 N–H and O–H groups in total. The molecule has 2 aromatic rings. The summed E-state index contributed by atoms with van der Waals surface area (Å²) in [6.07, 6.45) is 4.53. The van der Waals surface area contributed by atoms with E-state index in [1.807, 2.05) is 29.9 Å². The molecule has 0 radical (unpaired) electrons. The summed E-state index contributed by atoms with van der Waals surface area (Å²) in [6.45, 7) is 5.12. The van der Waals surface area contributed by atoms with Gasteiger partial charge in [0.05, 0.1) is 5.69 Å². The van der Waals surface area contributed by atoms with E-state index in [0.717, 1.165) is 43.0 Å². The molecule has 0 aromatic carbocycles. The molecule has 5 nitrogen and oxygen atoms in total. The van der Waals surface area contributed by atoms with Crippen LogP contribution >= 0.6 is 0 Å². The Kier molecular flexibility index (Phi) is 4.74. The van der Waals surface area contributed by atoms with Crippen molar-refractivity contribution < 1.29 is 9.52 Å². The zero-order valence-electron chi connectivity index (χ0n) is 11.5. The molecular weight excluding hydrogens is 242 g/mol. The summed E-state index contributed by atoms with van der Waals surface area (Å²) < 4.78 is 7.46. The van der Waals surface area contributed by atoms with Gasteiger partial charge in [0.1, 0.15) is 11.5 Å². The van der Waals surface area contributed by atoms with Crippen molar-refractivity contribution in [3.8, 4) is 0 Å². The molecule has 0 amide bonds. The zero-order chi connectivity index (χ0) is 13.7. The van der Waals surface area contributed by atoms with Crippen molar-refractivity contribution in [2.75, 3.05) is 6.61 Å². The molecule has 0 fully saturated rings. The van der Waals surface area contributed by atoms with Gasteiger partial charge >= 0.3 is 0 Å². The Morgan fingerprint density at radius 1 is 1.37 bits per heavy atom. The molecule has 0 saturated carbocycles. The van der Waals surface area contributed by atoms with Gasteiger partial charge in [-0.2, -0.15) is 0 Å². The summed E-state index contributed by atoms with van der Waals surface area (Å²) >= 11 is 0. The number of aliphatic hydroxyl groups excluding tert-OH is 1. The van der Waals surface area contributed by atoms with Gasteiger partial charge in [-0.3, -0.25) is 4.68 Å². The van der Waals surface area contributed by atoms with Crippen molar-refractivity contribution in [1.29, 1.82) is 0 Å². The maximum absolute atomic E-state index is 8.74.